The molecule has 0 heterocycles. The molecule has 5 N–H and O–H groups in total. The Hall–Kier alpha value is -6.30. The summed E-state index contributed by atoms with van der Waals surface area (Å²) in [6.07, 6.45) is -1.67. The van der Waals surface area contributed by atoms with Crippen LogP contribution in [0, 0.1) is 12.8 Å². The van der Waals surface area contributed by atoms with Gasteiger partial charge in [0, 0.05) is 61.6 Å². The Morgan fingerprint density at radius 3 is 1.77 bits per heavy atom. The molecule has 0 aliphatic carbocycles. The highest BCUT2D eigenvalue weighted by Crippen LogP contribution is 2.40. The van der Waals surface area contributed by atoms with Crippen LogP contribution in [0.4, 0.5) is 0 Å². The summed E-state index contributed by atoms with van der Waals surface area (Å²) in [6.45, 7) is 13.0. The first-order valence-electron chi connectivity index (χ1n) is 23.8. The maximum absolute atomic E-state index is 13.0. The molecule has 1 unspecified atom stereocenters. The number of carbonyl (C=O) groups is 9. The van der Waals surface area contributed by atoms with Crippen molar-refractivity contribution in [1.29, 1.82) is 0 Å². The largest absolute Gasteiger partial charge is 0.460 e. The zero-order chi connectivity index (χ0) is 52.8. The van der Waals surface area contributed by atoms with Gasteiger partial charge in [-0.2, -0.15) is 5.48 Å². The predicted octanol–water partition coefficient (Wildman–Crippen LogP) is 5.83. The highest BCUT2D eigenvalue weighted by Gasteiger charge is 2.39. The Kier molecular flexibility index (Phi) is 23.7. The second-order valence-electron chi connectivity index (χ2n) is 19.1. The molecule has 3 aromatic rings. The number of rotatable bonds is 29. The number of benzene rings is 3. The van der Waals surface area contributed by atoms with Gasteiger partial charge in [-0.1, -0.05) is 96.9 Å². The number of nitrogens with one attached hydrogen (secondary N) is 5. The minimum atomic E-state index is -1.25. The number of hydrogen-bond donors (Lipinski definition) is 5. The summed E-state index contributed by atoms with van der Waals surface area (Å²) >= 11 is 6.79. The fraction of sp³-hybridized carbons (Fsp3) is 0.491. The van der Waals surface area contributed by atoms with Crippen LogP contribution in [-0.4, -0.2) is 96.4 Å². The molecule has 0 aliphatic heterocycles. The van der Waals surface area contributed by atoms with Crippen molar-refractivity contribution in [3.05, 3.63) is 106 Å². The molecule has 386 valence electrons. The van der Waals surface area contributed by atoms with Crippen molar-refractivity contribution in [2.24, 2.45) is 5.92 Å². The van der Waals surface area contributed by atoms with Gasteiger partial charge >= 0.3 is 11.9 Å². The zero-order valence-electron chi connectivity index (χ0n) is 42.1. The third-order valence-corrected chi connectivity index (χ3v) is 11.1. The van der Waals surface area contributed by atoms with Gasteiger partial charge in [-0.15, -0.1) is 0 Å². The molecule has 3 atom stereocenters. The van der Waals surface area contributed by atoms with Crippen LogP contribution in [0.15, 0.2) is 78.9 Å². The quantitative estimate of drug-likeness (QED) is 0.0181. The van der Waals surface area contributed by atoms with E-state index >= 15 is 0 Å². The molecule has 0 aliphatic rings. The summed E-state index contributed by atoms with van der Waals surface area (Å²) in [7, 11) is 0. The van der Waals surface area contributed by atoms with Gasteiger partial charge in [0.25, 0.3) is 0 Å². The molecule has 0 aromatic heterocycles. The van der Waals surface area contributed by atoms with Gasteiger partial charge in [0.05, 0.1) is 19.7 Å². The van der Waals surface area contributed by atoms with Crippen LogP contribution in [-0.2, 0) is 63.0 Å². The molecule has 3 aromatic carbocycles. The lowest BCUT2D eigenvalue weighted by atomic mass is 9.77. The summed E-state index contributed by atoms with van der Waals surface area (Å²) in [5.41, 5.74) is 4.14. The first-order valence-corrected chi connectivity index (χ1v) is 24.2. The molecule has 0 saturated heterocycles. The molecular weight excluding hydrogens is 934 g/mol. The highest BCUT2D eigenvalue weighted by molar-refractivity contribution is 6.31. The van der Waals surface area contributed by atoms with E-state index in [4.69, 9.17) is 25.9 Å². The van der Waals surface area contributed by atoms with Gasteiger partial charge in [0.15, 0.2) is 11.6 Å². The van der Waals surface area contributed by atoms with Gasteiger partial charge in [-0.3, -0.25) is 43.2 Å². The van der Waals surface area contributed by atoms with E-state index in [1.165, 1.54) is 0 Å². The van der Waals surface area contributed by atoms with E-state index in [9.17, 15) is 43.2 Å². The van der Waals surface area contributed by atoms with Crippen molar-refractivity contribution in [1.82, 2.24) is 26.7 Å². The van der Waals surface area contributed by atoms with Crippen LogP contribution in [0.25, 0.3) is 0 Å². The zero-order valence-corrected chi connectivity index (χ0v) is 42.9. The summed E-state index contributed by atoms with van der Waals surface area (Å²) in [5, 5.41) is 10.7. The minimum Gasteiger partial charge on any atom is -0.460 e. The van der Waals surface area contributed by atoms with Crippen molar-refractivity contribution in [2.75, 3.05) is 26.2 Å². The van der Waals surface area contributed by atoms with Gasteiger partial charge in [-0.25, -0.2) is 4.79 Å². The standard InChI is InChI=1S/C53H70ClN5O12/c1-9-36(31-39(60)23-26-44(50(68)71-52(6,7)8)58-47(65)32-48(66)70-51(3,4)5)49(67)57-34-41(62)25-28-46(64)56-33-40(61)24-27-45(63)55-29-30-69-59-53(37-15-11-10-12-16-37,38-21-19-35(2)20-22-38)42-17-13-14-18-43(42)54/h10-22,36,44,59H,9,23-34H2,1-8H3,(H,55,63)(H,56,64)(H,57,67)(H,58,65)/t36-,44+,53?/m1/s1. The lowest BCUT2D eigenvalue weighted by Crippen LogP contribution is -2.45. The fourth-order valence-electron chi connectivity index (χ4n) is 7.18. The molecular formula is C53H70ClN5O12. The fourth-order valence-corrected chi connectivity index (χ4v) is 7.45. The van der Waals surface area contributed by atoms with Crippen molar-refractivity contribution in [3.63, 3.8) is 0 Å². The molecule has 0 spiro atoms. The average molecular weight is 1000 g/mol. The van der Waals surface area contributed by atoms with Gasteiger partial charge in [-0.05, 0) is 78.5 Å². The second kappa shape index (κ2) is 28.5. The number of Topliss-reactive ketones (excluding diaryl/α,β-unsaturated/α-hetero) is 3. The highest BCUT2D eigenvalue weighted by atomic mass is 35.5. The average Bonchev–Trinajstić information content (AvgIpc) is 3.30. The Balaban J connectivity index is 1.37. The van der Waals surface area contributed by atoms with Crippen LogP contribution in [0.2, 0.25) is 5.02 Å². The first-order chi connectivity index (χ1) is 33.4. The molecule has 0 bridgehead atoms. The Labute approximate surface area is 421 Å². The van der Waals surface area contributed by atoms with E-state index < -0.39 is 77.1 Å². The van der Waals surface area contributed by atoms with Crippen LogP contribution >= 0.6 is 11.6 Å². The third-order valence-electron chi connectivity index (χ3n) is 10.7. The van der Waals surface area contributed by atoms with E-state index in [1.54, 1.807) is 48.5 Å². The number of esters is 2. The third kappa shape index (κ3) is 21.3. The van der Waals surface area contributed by atoms with E-state index in [0.29, 0.717) is 5.02 Å². The summed E-state index contributed by atoms with van der Waals surface area (Å²) < 4.78 is 10.6. The van der Waals surface area contributed by atoms with Crippen LogP contribution in [0.1, 0.15) is 129 Å². The molecule has 4 amide bonds. The molecule has 17 nitrogen and oxygen atoms in total. The normalized spacial score (nSPS) is 13.1. The van der Waals surface area contributed by atoms with Crippen LogP contribution in [0.3, 0.4) is 0 Å². The molecule has 3 rings (SSSR count). The van der Waals surface area contributed by atoms with Crippen LogP contribution < -0.4 is 26.7 Å². The van der Waals surface area contributed by atoms with Crippen molar-refractivity contribution in [3.8, 4) is 0 Å². The number of amides is 4. The van der Waals surface area contributed by atoms with Gasteiger partial charge in [0.1, 0.15) is 35.0 Å². The maximum atomic E-state index is 13.0. The number of halogens is 1. The lowest BCUT2D eigenvalue weighted by Gasteiger charge is -2.37. The SMILES string of the molecule is CC[C@H](CC(=O)CC[C@H](NC(=O)CC(=O)OC(C)(C)C)C(=O)OC(C)(C)C)C(=O)NCC(=O)CCC(=O)NCC(=O)CCC(=O)NCCONC(c1ccccc1)(c1ccc(C)cc1)c1ccccc1Cl. The number of hydroxylamine groups is 1. The molecule has 0 fully saturated rings. The maximum Gasteiger partial charge on any atom is 0.329 e. The minimum absolute atomic E-state index is 0.0752. The monoisotopic (exact) mass is 1000 g/mol. The number of aryl methyl sites for hydroxylation is 1. The van der Waals surface area contributed by atoms with E-state index in [-0.39, 0.29) is 88.5 Å². The van der Waals surface area contributed by atoms with E-state index in [0.717, 1.165) is 22.3 Å². The number of ketones is 3. The number of carbonyl (C=O) groups excluding carboxylic acids is 9. The smallest absolute Gasteiger partial charge is 0.329 e. The lowest BCUT2D eigenvalue weighted by molar-refractivity contribution is -0.161. The predicted molar refractivity (Wildman–Crippen MR) is 266 cm³/mol. The molecule has 71 heavy (non-hydrogen) atoms. The molecule has 0 radical (unpaired) electrons. The van der Waals surface area contributed by atoms with Crippen molar-refractivity contribution in [2.45, 2.75) is 136 Å². The van der Waals surface area contributed by atoms with Crippen molar-refractivity contribution >= 4 is 64.5 Å². The van der Waals surface area contributed by atoms with E-state index in [2.05, 4.69) is 26.7 Å². The van der Waals surface area contributed by atoms with Gasteiger partial charge in [0.2, 0.25) is 23.6 Å². The summed E-state index contributed by atoms with van der Waals surface area (Å²) in [5.74, 6) is -5.90. The second-order valence-corrected chi connectivity index (χ2v) is 19.5. The topological polar surface area (TPSA) is 241 Å². The van der Waals surface area contributed by atoms with Crippen LogP contribution in [0.5, 0.6) is 0 Å². The summed E-state index contributed by atoms with van der Waals surface area (Å²) in [4.78, 5) is 120. The Morgan fingerprint density at radius 2 is 1.18 bits per heavy atom. The number of ether oxygens (including phenoxy) is 2. The van der Waals surface area contributed by atoms with Gasteiger partial charge < -0.3 is 30.7 Å². The van der Waals surface area contributed by atoms with Crippen molar-refractivity contribution < 1.29 is 57.5 Å². The summed E-state index contributed by atoms with van der Waals surface area (Å²) in [6, 6.07) is 24.0. The Morgan fingerprint density at radius 1 is 0.620 bits per heavy atom. The van der Waals surface area contributed by atoms with E-state index in [1.807, 2.05) is 85.8 Å². The Bertz CT molecular complexity index is 2310. The molecule has 18 heteroatoms. The first kappa shape index (κ1) is 59.0. The molecule has 0 saturated carbocycles. The number of hydrogen-bond acceptors (Lipinski definition) is 13.